The van der Waals surface area contributed by atoms with Crippen molar-refractivity contribution in [2.75, 3.05) is 6.54 Å². The lowest BCUT2D eigenvalue weighted by molar-refractivity contribution is 0.259. The molecule has 1 saturated heterocycles. The highest BCUT2D eigenvalue weighted by Gasteiger charge is 2.32. The summed E-state index contributed by atoms with van der Waals surface area (Å²) >= 11 is 5.51. The lowest BCUT2D eigenvalue weighted by Crippen LogP contribution is -2.44. The minimum Gasteiger partial charge on any atom is -0.360 e. The SMILES string of the molecule is CC(C)(C)CC1CCCN1C(=S)NC1CC1. The second-order valence-corrected chi connectivity index (χ2v) is 6.86. The summed E-state index contributed by atoms with van der Waals surface area (Å²) in [5, 5.41) is 4.48. The van der Waals surface area contributed by atoms with E-state index in [4.69, 9.17) is 12.2 Å². The first kappa shape index (κ1) is 12.2. The Hall–Kier alpha value is -0.310. The van der Waals surface area contributed by atoms with Gasteiger partial charge in [0.15, 0.2) is 5.11 Å². The number of nitrogens with one attached hydrogen (secondary N) is 1. The largest absolute Gasteiger partial charge is 0.360 e. The van der Waals surface area contributed by atoms with Gasteiger partial charge in [-0.15, -0.1) is 0 Å². The molecule has 0 amide bonds. The molecule has 2 fully saturated rings. The van der Waals surface area contributed by atoms with Gasteiger partial charge < -0.3 is 10.2 Å². The van der Waals surface area contributed by atoms with Crippen molar-refractivity contribution in [3.8, 4) is 0 Å². The summed E-state index contributed by atoms with van der Waals surface area (Å²) in [5.41, 5.74) is 0.405. The van der Waals surface area contributed by atoms with E-state index in [2.05, 4.69) is 31.0 Å². The molecule has 1 heterocycles. The number of hydrogen-bond donors (Lipinski definition) is 1. The van der Waals surface area contributed by atoms with Gasteiger partial charge in [0.25, 0.3) is 0 Å². The predicted octanol–water partition coefficient (Wildman–Crippen LogP) is 2.92. The molecule has 3 heteroatoms. The Bertz CT molecular complexity index is 266. The zero-order valence-electron chi connectivity index (χ0n) is 10.8. The molecule has 2 nitrogen and oxygen atoms in total. The molecule has 0 aromatic rings. The van der Waals surface area contributed by atoms with E-state index in [0.29, 0.717) is 17.5 Å². The Balaban J connectivity index is 1.88. The molecule has 1 N–H and O–H groups in total. The van der Waals surface area contributed by atoms with Crippen LogP contribution in [0.15, 0.2) is 0 Å². The van der Waals surface area contributed by atoms with Crippen LogP contribution < -0.4 is 5.32 Å². The maximum atomic E-state index is 5.51. The molecule has 2 rings (SSSR count). The van der Waals surface area contributed by atoms with E-state index in [1.54, 1.807) is 0 Å². The summed E-state index contributed by atoms with van der Waals surface area (Å²) in [6, 6.07) is 1.35. The summed E-state index contributed by atoms with van der Waals surface area (Å²) < 4.78 is 0. The van der Waals surface area contributed by atoms with E-state index in [1.165, 1.54) is 32.1 Å². The fourth-order valence-electron chi connectivity index (χ4n) is 2.51. The van der Waals surface area contributed by atoms with E-state index in [0.717, 1.165) is 11.7 Å². The molecule has 1 saturated carbocycles. The molecule has 0 aromatic carbocycles. The molecule has 1 atom stereocenters. The standard InChI is InChI=1S/C13H24N2S/c1-13(2,3)9-11-5-4-8-15(11)12(16)14-10-6-7-10/h10-11H,4-9H2,1-3H3,(H,14,16). The molecule has 0 bridgehead atoms. The first-order chi connectivity index (χ1) is 7.46. The summed E-state index contributed by atoms with van der Waals surface area (Å²) in [5.74, 6) is 0. The van der Waals surface area contributed by atoms with Gasteiger partial charge in [-0.2, -0.15) is 0 Å². The summed E-state index contributed by atoms with van der Waals surface area (Å²) in [4.78, 5) is 2.43. The highest BCUT2D eigenvalue weighted by Crippen LogP contribution is 2.30. The molecule has 1 aliphatic carbocycles. The first-order valence-electron chi connectivity index (χ1n) is 6.53. The lowest BCUT2D eigenvalue weighted by atomic mass is 9.87. The van der Waals surface area contributed by atoms with Crippen LogP contribution in [0, 0.1) is 5.41 Å². The average Bonchev–Trinajstić information content (AvgIpc) is 2.82. The second-order valence-electron chi connectivity index (χ2n) is 6.48. The van der Waals surface area contributed by atoms with E-state index in [1.807, 2.05) is 0 Å². The molecule has 1 aliphatic heterocycles. The van der Waals surface area contributed by atoms with Crippen LogP contribution in [-0.2, 0) is 0 Å². The Morgan fingerprint density at radius 2 is 2.00 bits per heavy atom. The van der Waals surface area contributed by atoms with Crippen molar-refractivity contribution in [1.29, 1.82) is 0 Å². The zero-order valence-corrected chi connectivity index (χ0v) is 11.6. The van der Waals surface area contributed by atoms with Crippen LogP contribution in [0.1, 0.15) is 52.9 Å². The Morgan fingerprint density at radius 1 is 1.31 bits per heavy atom. The van der Waals surface area contributed by atoms with Gasteiger partial charge >= 0.3 is 0 Å². The molecule has 92 valence electrons. The second kappa shape index (κ2) is 4.52. The van der Waals surface area contributed by atoms with Crippen LogP contribution in [0.2, 0.25) is 0 Å². The molecular weight excluding hydrogens is 216 g/mol. The normalized spacial score (nSPS) is 25.9. The van der Waals surface area contributed by atoms with Gasteiger partial charge in [0, 0.05) is 18.6 Å². The van der Waals surface area contributed by atoms with Gasteiger partial charge in [0.05, 0.1) is 0 Å². The fraction of sp³-hybridized carbons (Fsp3) is 0.923. The smallest absolute Gasteiger partial charge is 0.169 e. The minimum absolute atomic E-state index is 0.405. The van der Waals surface area contributed by atoms with E-state index >= 15 is 0 Å². The third-order valence-electron chi connectivity index (χ3n) is 3.39. The Kier molecular flexibility index (Phi) is 3.43. The number of rotatable bonds is 2. The highest BCUT2D eigenvalue weighted by atomic mass is 32.1. The van der Waals surface area contributed by atoms with Gasteiger partial charge in [0.2, 0.25) is 0 Å². The molecule has 2 aliphatic rings. The van der Waals surface area contributed by atoms with Crippen LogP contribution in [-0.4, -0.2) is 28.6 Å². The Labute approximate surface area is 105 Å². The minimum atomic E-state index is 0.405. The van der Waals surface area contributed by atoms with E-state index in [-0.39, 0.29) is 0 Å². The van der Waals surface area contributed by atoms with Gasteiger partial charge in [-0.1, -0.05) is 20.8 Å². The number of thiocarbonyl (C=S) groups is 1. The quantitative estimate of drug-likeness (QED) is 0.747. The molecule has 1 unspecified atom stereocenters. The Morgan fingerprint density at radius 3 is 2.56 bits per heavy atom. The zero-order chi connectivity index (χ0) is 11.8. The van der Waals surface area contributed by atoms with Crippen molar-refractivity contribution >= 4 is 17.3 Å². The van der Waals surface area contributed by atoms with Crippen LogP contribution in [0.25, 0.3) is 0 Å². The first-order valence-corrected chi connectivity index (χ1v) is 6.94. The van der Waals surface area contributed by atoms with Crippen molar-refractivity contribution in [2.24, 2.45) is 5.41 Å². The number of hydrogen-bond acceptors (Lipinski definition) is 1. The predicted molar refractivity (Wildman–Crippen MR) is 72.6 cm³/mol. The average molecular weight is 240 g/mol. The van der Waals surface area contributed by atoms with Crippen LogP contribution in [0.3, 0.4) is 0 Å². The van der Waals surface area contributed by atoms with E-state index in [9.17, 15) is 0 Å². The molecule has 0 aromatic heterocycles. The van der Waals surface area contributed by atoms with Crippen molar-refractivity contribution in [3.05, 3.63) is 0 Å². The van der Waals surface area contributed by atoms with Crippen molar-refractivity contribution in [3.63, 3.8) is 0 Å². The molecular formula is C13H24N2S. The monoisotopic (exact) mass is 240 g/mol. The van der Waals surface area contributed by atoms with Crippen LogP contribution in [0.4, 0.5) is 0 Å². The maximum Gasteiger partial charge on any atom is 0.169 e. The maximum absolute atomic E-state index is 5.51. The van der Waals surface area contributed by atoms with E-state index < -0.39 is 0 Å². The number of likely N-dealkylation sites (tertiary alicyclic amines) is 1. The number of nitrogens with zero attached hydrogens (tertiary/aromatic N) is 1. The summed E-state index contributed by atoms with van der Waals surface area (Å²) in [6.07, 6.45) is 6.46. The van der Waals surface area contributed by atoms with Gasteiger partial charge in [0.1, 0.15) is 0 Å². The third kappa shape index (κ3) is 3.34. The van der Waals surface area contributed by atoms with Gasteiger partial charge in [-0.3, -0.25) is 0 Å². The van der Waals surface area contributed by atoms with Gasteiger partial charge in [-0.25, -0.2) is 0 Å². The lowest BCUT2D eigenvalue weighted by Gasteiger charge is -2.32. The van der Waals surface area contributed by atoms with Crippen LogP contribution >= 0.6 is 12.2 Å². The van der Waals surface area contributed by atoms with Crippen molar-refractivity contribution < 1.29 is 0 Å². The molecule has 16 heavy (non-hydrogen) atoms. The van der Waals surface area contributed by atoms with Crippen LogP contribution in [0.5, 0.6) is 0 Å². The highest BCUT2D eigenvalue weighted by molar-refractivity contribution is 7.80. The summed E-state index contributed by atoms with van der Waals surface area (Å²) in [6.45, 7) is 8.11. The molecule has 0 spiro atoms. The summed E-state index contributed by atoms with van der Waals surface area (Å²) in [7, 11) is 0. The van der Waals surface area contributed by atoms with Crippen molar-refractivity contribution in [2.45, 2.75) is 65.0 Å². The third-order valence-corrected chi connectivity index (χ3v) is 3.74. The van der Waals surface area contributed by atoms with Crippen molar-refractivity contribution in [1.82, 2.24) is 10.2 Å². The molecule has 0 radical (unpaired) electrons. The topological polar surface area (TPSA) is 15.3 Å². The fourth-order valence-corrected chi connectivity index (χ4v) is 2.91. The van der Waals surface area contributed by atoms with Gasteiger partial charge in [-0.05, 0) is 49.7 Å².